The van der Waals surface area contributed by atoms with Crippen molar-refractivity contribution in [3.05, 3.63) is 52.5 Å². The van der Waals surface area contributed by atoms with Crippen LogP contribution in [-0.2, 0) is 4.79 Å². The quantitative estimate of drug-likeness (QED) is 0.860. The predicted molar refractivity (Wildman–Crippen MR) is 92.1 cm³/mol. The van der Waals surface area contributed by atoms with E-state index in [-0.39, 0.29) is 12.5 Å². The van der Waals surface area contributed by atoms with Crippen LogP contribution in [0.4, 0.5) is 5.69 Å². The fourth-order valence-electron chi connectivity index (χ4n) is 2.47. The average molecular weight is 341 g/mol. The lowest BCUT2D eigenvalue weighted by atomic mass is 10.0. The van der Waals surface area contributed by atoms with E-state index in [4.69, 9.17) is 26.3 Å². The van der Waals surface area contributed by atoms with E-state index in [1.54, 1.807) is 42.5 Å². The Hall–Kier alpha value is -2.97. The minimum atomic E-state index is -0.184. The van der Waals surface area contributed by atoms with Crippen molar-refractivity contribution in [1.29, 1.82) is 5.26 Å². The second-order valence-corrected chi connectivity index (χ2v) is 5.50. The highest BCUT2D eigenvalue weighted by Crippen LogP contribution is 2.36. The van der Waals surface area contributed by atoms with Crippen molar-refractivity contribution in [3.63, 3.8) is 0 Å². The van der Waals surface area contributed by atoms with Gasteiger partial charge in [0.2, 0.25) is 0 Å². The highest BCUT2D eigenvalue weighted by Gasteiger charge is 2.24. The second kappa shape index (κ2) is 6.65. The number of hydrogen-bond acceptors (Lipinski definition) is 4. The summed E-state index contributed by atoms with van der Waals surface area (Å²) in [5, 5.41) is 12.0. The zero-order valence-corrected chi connectivity index (χ0v) is 13.6. The van der Waals surface area contributed by atoms with Crippen molar-refractivity contribution in [2.75, 3.05) is 19.0 Å². The van der Waals surface area contributed by atoms with Gasteiger partial charge in [-0.25, -0.2) is 0 Å². The zero-order chi connectivity index (χ0) is 17.1. The van der Waals surface area contributed by atoms with E-state index in [0.29, 0.717) is 22.1 Å². The van der Waals surface area contributed by atoms with Gasteiger partial charge in [0.1, 0.15) is 6.07 Å². The van der Waals surface area contributed by atoms with Crippen LogP contribution in [-0.4, -0.2) is 19.6 Å². The fraction of sp³-hybridized carbons (Fsp3) is 0.111. The van der Waals surface area contributed by atoms with Gasteiger partial charge in [-0.3, -0.25) is 4.79 Å². The molecule has 2 aromatic carbocycles. The largest absolute Gasteiger partial charge is 0.493 e. The van der Waals surface area contributed by atoms with Crippen molar-refractivity contribution in [2.45, 2.75) is 0 Å². The Bertz CT molecular complexity index is 884. The minimum absolute atomic E-state index is 0.0644. The SMILES string of the molecule is COc1cc(/C=C2/C(=O)Nc3ccc(Cl)cc32)ccc1OCC#N. The molecule has 1 aliphatic rings. The molecule has 3 rings (SSSR count). The number of anilines is 1. The predicted octanol–water partition coefficient (Wildman–Crippen LogP) is 3.74. The third-order valence-corrected chi connectivity index (χ3v) is 3.79. The Kier molecular flexibility index (Phi) is 4.41. The van der Waals surface area contributed by atoms with Crippen molar-refractivity contribution < 1.29 is 14.3 Å². The molecule has 0 atom stereocenters. The van der Waals surface area contributed by atoms with Crippen LogP contribution in [0.25, 0.3) is 11.6 Å². The number of amides is 1. The topological polar surface area (TPSA) is 71.3 Å². The second-order valence-electron chi connectivity index (χ2n) is 5.06. The van der Waals surface area contributed by atoms with Crippen LogP contribution in [0.3, 0.4) is 0 Å². The summed E-state index contributed by atoms with van der Waals surface area (Å²) in [6, 6.07) is 12.4. The molecule has 1 aliphatic heterocycles. The first-order valence-electron chi connectivity index (χ1n) is 7.13. The number of carbonyl (C=O) groups excluding carboxylic acids is 1. The molecule has 0 saturated carbocycles. The van der Waals surface area contributed by atoms with Crippen molar-refractivity contribution in [1.82, 2.24) is 0 Å². The van der Waals surface area contributed by atoms with Crippen molar-refractivity contribution >= 4 is 34.8 Å². The van der Waals surface area contributed by atoms with Gasteiger partial charge >= 0.3 is 0 Å². The molecule has 0 unspecified atom stereocenters. The highest BCUT2D eigenvalue weighted by molar-refractivity contribution is 6.36. The van der Waals surface area contributed by atoms with Gasteiger partial charge in [-0.05, 0) is 42.0 Å². The van der Waals surface area contributed by atoms with E-state index in [1.807, 2.05) is 6.07 Å². The number of rotatable bonds is 4. The molecule has 0 radical (unpaired) electrons. The first-order chi connectivity index (χ1) is 11.6. The standard InChI is InChI=1S/C18H13ClN2O3/c1-23-17-9-11(2-5-16(17)24-7-6-20)8-14-13-10-12(19)3-4-15(13)21-18(14)22/h2-5,8-10H,7H2,1H3,(H,21,22)/b14-8+. The first-order valence-corrected chi connectivity index (χ1v) is 7.51. The fourth-order valence-corrected chi connectivity index (χ4v) is 2.65. The number of benzene rings is 2. The van der Waals surface area contributed by atoms with Crippen LogP contribution in [0.2, 0.25) is 5.02 Å². The van der Waals surface area contributed by atoms with Crippen LogP contribution in [0.1, 0.15) is 11.1 Å². The molecule has 120 valence electrons. The van der Waals surface area contributed by atoms with E-state index in [2.05, 4.69) is 5.32 Å². The molecule has 24 heavy (non-hydrogen) atoms. The molecular formula is C18H13ClN2O3. The number of hydrogen-bond donors (Lipinski definition) is 1. The molecule has 0 aliphatic carbocycles. The average Bonchev–Trinajstić information content (AvgIpc) is 2.88. The summed E-state index contributed by atoms with van der Waals surface area (Å²) in [4.78, 5) is 12.2. The summed E-state index contributed by atoms with van der Waals surface area (Å²) in [6.45, 7) is -0.0644. The lowest BCUT2D eigenvalue weighted by Gasteiger charge is -2.09. The summed E-state index contributed by atoms with van der Waals surface area (Å²) < 4.78 is 10.6. The highest BCUT2D eigenvalue weighted by atomic mass is 35.5. The summed E-state index contributed by atoms with van der Waals surface area (Å²) in [6.07, 6.45) is 1.76. The smallest absolute Gasteiger partial charge is 0.256 e. The molecule has 0 saturated heterocycles. The van der Waals surface area contributed by atoms with Gasteiger partial charge in [-0.2, -0.15) is 5.26 Å². The Balaban J connectivity index is 1.99. The number of nitrogens with one attached hydrogen (secondary N) is 1. The van der Waals surface area contributed by atoms with Crippen molar-refractivity contribution in [3.8, 4) is 17.6 Å². The van der Waals surface area contributed by atoms with Gasteiger partial charge < -0.3 is 14.8 Å². The molecule has 0 fully saturated rings. The van der Waals surface area contributed by atoms with Crippen LogP contribution in [0, 0.1) is 11.3 Å². The van der Waals surface area contributed by atoms with E-state index in [9.17, 15) is 4.79 Å². The van der Waals surface area contributed by atoms with E-state index in [0.717, 1.165) is 16.8 Å². The molecule has 0 bridgehead atoms. The summed E-state index contributed by atoms with van der Waals surface area (Å²) in [7, 11) is 1.52. The molecular weight excluding hydrogens is 328 g/mol. The van der Waals surface area contributed by atoms with Gasteiger partial charge in [0.25, 0.3) is 5.91 Å². The van der Waals surface area contributed by atoms with E-state index >= 15 is 0 Å². The maximum Gasteiger partial charge on any atom is 0.256 e. The third kappa shape index (κ3) is 3.05. The summed E-state index contributed by atoms with van der Waals surface area (Å²) in [5.41, 5.74) is 2.79. The van der Waals surface area contributed by atoms with Gasteiger partial charge in [0, 0.05) is 21.8 Å². The number of carbonyl (C=O) groups is 1. The van der Waals surface area contributed by atoms with Crippen LogP contribution in [0.5, 0.6) is 11.5 Å². The van der Waals surface area contributed by atoms with Crippen molar-refractivity contribution in [2.24, 2.45) is 0 Å². The number of methoxy groups -OCH3 is 1. The number of nitriles is 1. The minimum Gasteiger partial charge on any atom is -0.493 e. The molecule has 1 N–H and O–H groups in total. The van der Waals surface area contributed by atoms with Gasteiger partial charge in [-0.15, -0.1) is 0 Å². The molecule has 2 aromatic rings. The molecule has 0 spiro atoms. The Morgan fingerprint density at radius 2 is 2.08 bits per heavy atom. The lowest BCUT2D eigenvalue weighted by Crippen LogP contribution is -2.03. The number of ether oxygens (including phenoxy) is 2. The van der Waals surface area contributed by atoms with Crippen LogP contribution < -0.4 is 14.8 Å². The summed E-state index contributed by atoms with van der Waals surface area (Å²) >= 11 is 6.03. The van der Waals surface area contributed by atoms with Crippen LogP contribution >= 0.6 is 11.6 Å². The molecule has 5 nitrogen and oxygen atoms in total. The van der Waals surface area contributed by atoms with E-state index in [1.165, 1.54) is 7.11 Å². The molecule has 6 heteroatoms. The van der Waals surface area contributed by atoms with Crippen LogP contribution in [0.15, 0.2) is 36.4 Å². The lowest BCUT2D eigenvalue weighted by molar-refractivity contribution is -0.110. The number of fused-ring (bicyclic) bond motifs is 1. The maximum absolute atomic E-state index is 12.2. The number of nitrogens with zero attached hydrogens (tertiary/aromatic N) is 1. The maximum atomic E-state index is 12.2. The Morgan fingerprint density at radius 3 is 2.83 bits per heavy atom. The monoisotopic (exact) mass is 340 g/mol. The molecule has 1 amide bonds. The normalized spacial score (nSPS) is 14.0. The van der Waals surface area contributed by atoms with Gasteiger partial charge in [0.05, 0.1) is 7.11 Å². The first kappa shape index (κ1) is 15.9. The van der Waals surface area contributed by atoms with Gasteiger partial charge in [0.15, 0.2) is 18.1 Å². The Morgan fingerprint density at radius 1 is 1.25 bits per heavy atom. The summed E-state index contributed by atoms with van der Waals surface area (Å²) in [5.74, 6) is 0.779. The molecule has 0 aromatic heterocycles. The van der Waals surface area contributed by atoms with Gasteiger partial charge in [-0.1, -0.05) is 17.7 Å². The Labute approximate surface area is 144 Å². The third-order valence-electron chi connectivity index (χ3n) is 3.56. The number of halogens is 1. The van der Waals surface area contributed by atoms with E-state index < -0.39 is 0 Å². The zero-order valence-electron chi connectivity index (χ0n) is 12.8. The molecule has 1 heterocycles.